The van der Waals surface area contributed by atoms with Gasteiger partial charge in [0.25, 0.3) is 5.56 Å². The van der Waals surface area contributed by atoms with E-state index in [-0.39, 0.29) is 25.1 Å². The number of aromatic amines is 1. The first-order valence-electron chi connectivity index (χ1n) is 11.2. The molecule has 0 saturated carbocycles. The number of rotatable bonds is 11. The van der Waals surface area contributed by atoms with Crippen LogP contribution in [0.15, 0.2) is 46.1 Å². The number of carbonyl (C=O) groups is 1. The second kappa shape index (κ2) is 11.8. The smallest absolute Gasteiger partial charge is 0.459 e. The number of para-hydroxylation sites is 1. The molecule has 3 rings (SSSR count). The molecule has 0 radical (unpaired) electrons. The van der Waals surface area contributed by atoms with E-state index in [1.165, 1.54) is 17.7 Å². The molecule has 1 fully saturated rings. The monoisotopic (exact) mass is 511 g/mol. The predicted molar refractivity (Wildman–Crippen MR) is 125 cm³/mol. The topological polar surface area (TPSA) is 147 Å². The van der Waals surface area contributed by atoms with Gasteiger partial charge in [-0.1, -0.05) is 25.1 Å². The van der Waals surface area contributed by atoms with Gasteiger partial charge in [-0.25, -0.2) is 9.36 Å². The molecule has 2 aromatic rings. The molecule has 0 amide bonds. The lowest BCUT2D eigenvalue weighted by atomic mass is 10.3. The minimum Gasteiger partial charge on any atom is -0.462 e. The Balaban J connectivity index is 1.68. The van der Waals surface area contributed by atoms with Crippen LogP contribution < -0.4 is 20.9 Å². The zero-order chi connectivity index (χ0) is 25.6. The number of hydrogen-bond donors (Lipinski definition) is 2. The molecule has 1 aromatic carbocycles. The molecule has 35 heavy (non-hydrogen) atoms. The quantitative estimate of drug-likeness (QED) is 0.340. The molecule has 12 nitrogen and oxygen atoms in total. The second-order valence-corrected chi connectivity index (χ2v) is 9.73. The lowest BCUT2D eigenvalue weighted by Gasteiger charge is -2.24. The van der Waals surface area contributed by atoms with Gasteiger partial charge in [0, 0.05) is 11.8 Å². The Morgan fingerprint density at radius 1 is 1.29 bits per heavy atom. The Labute approximate surface area is 202 Å². The van der Waals surface area contributed by atoms with Crippen LogP contribution in [0.25, 0.3) is 0 Å². The molecule has 5 atom stereocenters. The van der Waals surface area contributed by atoms with E-state index < -0.39 is 43.5 Å². The third-order valence-electron chi connectivity index (χ3n) is 5.14. The van der Waals surface area contributed by atoms with Crippen molar-refractivity contribution in [1.82, 2.24) is 14.6 Å². The van der Waals surface area contributed by atoms with Gasteiger partial charge in [0.2, 0.25) is 0 Å². The third kappa shape index (κ3) is 7.36. The van der Waals surface area contributed by atoms with E-state index in [0.29, 0.717) is 12.0 Å². The van der Waals surface area contributed by atoms with Crippen molar-refractivity contribution < 1.29 is 32.6 Å². The Bertz CT molecular complexity index is 1170. The standard InChI is InChI=1S/C22H30N3O9P/c1-5-15(3)32-21(27)16(4)24-35(29,34-17-9-7-6-8-10-17)31-13-19-30-12-18(33-19)25-11-14(2)20(26)23-22(25)28/h6-11,15-16,18-19H,5,12-13H2,1-4H3,(H,24,29)(H,23,26,28)/t15?,16?,18-,19-,35?/m1/s1. The van der Waals surface area contributed by atoms with Gasteiger partial charge in [-0.3, -0.25) is 23.7 Å². The van der Waals surface area contributed by atoms with Gasteiger partial charge in [-0.15, -0.1) is 0 Å². The van der Waals surface area contributed by atoms with Crippen LogP contribution in [0.3, 0.4) is 0 Å². The molecular formula is C22H30N3O9P. The first-order chi connectivity index (χ1) is 16.6. The highest BCUT2D eigenvalue weighted by Crippen LogP contribution is 2.45. The normalized spacial score (nSPS) is 21.1. The van der Waals surface area contributed by atoms with E-state index in [0.717, 1.165) is 0 Å². The van der Waals surface area contributed by atoms with E-state index in [2.05, 4.69) is 10.1 Å². The van der Waals surface area contributed by atoms with Crippen molar-refractivity contribution in [2.24, 2.45) is 0 Å². The van der Waals surface area contributed by atoms with E-state index in [1.807, 2.05) is 6.92 Å². The number of benzene rings is 1. The summed E-state index contributed by atoms with van der Waals surface area (Å²) < 4.78 is 42.3. The van der Waals surface area contributed by atoms with Crippen molar-refractivity contribution in [3.8, 4) is 5.75 Å². The molecule has 1 aliphatic heterocycles. The zero-order valence-corrected chi connectivity index (χ0v) is 20.9. The summed E-state index contributed by atoms with van der Waals surface area (Å²) in [5.41, 5.74) is -0.809. The van der Waals surface area contributed by atoms with Crippen LogP contribution in [0.1, 0.15) is 39.0 Å². The fourth-order valence-electron chi connectivity index (χ4n) is 3.02. The third-order valence-corrected chi connectivity index (χ3v) is 6.78. The highest BCUT2D eigenvalue weighted by atomic mass is 31.2. The van der Waals surface area contributed by atoms with E-state index in [4.69, 9.17) is 23.3 Å². The van der Waals surface area contributed by atoms with Crippen LogP contribution in [-0.2, 0) is 28.1 Å². The van der Waals surface area contributed by atoms with Gasteiger partial charge in [0.15, 0.2) is 12.5 Å². The number of aromatic nitrogens is 2. The number of ether oxygens (including phenoxy) is 3. The summed E-state index contributed by atoms with van der Waals surface area (Å²) in [4.78, 5) is 38.3. The first-order valence-corrected chi connectivity index (χ1v) is 12.7. The van der Waals surface area contributed by atoms with Crippen LogP contribution >= 0.6 is 7.75 Å². The highest BCUT2D eigenvalue weighted by Gasteiger charge is 2.36. The van der Waals surface area contributed by atoms with Gasteiger partial charge < -0.3 is 18.7 Å². The van der Waals surface area contributed by atoms with Crippen LogP contribution in [-0.4, -0.2) is 47.2 Å². The minimum absolute atomic E-state index is 0.00563. The van der Waals surface area contributed by atoms with E-state index in [9.17, 15) is 18.9 Å². The van der Waals surface area contributed by atoms with Crippen molar-refractivity contribution >= 4 is 13.7 Å². The average Bonchev–Trinajstić information content (AvgIpc) is 3.29. The SMILES string of the molecule is CCC(C)OC(=O)C(C)NP(=O)(OC[C@@H]1OC[C@H](n2cc(C)c(=O)[nH]c2=O)O1)Oc1ccccc1. The Morgan fingerprint density at radius 3 is 2.69 bits per heavy atom. The number of nitrogens with one attached hydrogen (secondary N) is 2. The maximum absolute atomic E-state index is 13.5. The van der Waals surface area contributed by atoms with Crippen molar-refractivity contribution in [2.45, 2.75) is 58.8 Å². The summed E-state index contributed by atoms with van der Waals surface area (Å²) in [6.07, 6.45) is -0.120. The Kier molecular flexibility index (Phi) is 9.03. The summed E-state index contributed by atoms with van der Waals surface area (Å²) in [5.74, 6) is -0.353. The molecule has 192 valence electrons. The molecular weight excluding hydrogens is 481 g/mol. The van der Waals surface area contributed by atoms with Crippen LogP contribution in [0.5, 0.6) is 5.75 Å². The van der Waals surface area contributed by atoms with Crippen molar-refractivity contribution in [3.05, 3.63) is 62.9 Å². The maximum atomic E-state index is 13.5. The number of H-pyrrole nitrogens is 1. The molecule has 0 bridgehead atoms. The van der Waals surface area contributed by atoms with Crippen LogP contribution in [0, 0.1) is 6.92 Å². The maximum Gasteiger partial charge on any atom is 0.459 e. The predicted octanol–water partition coefficient (Wildman–Crippen LogP) is 2.24. The summed E-state index contributed by atoms with van der Waals surface area (Å²) in [6.45, 7) is 6.33. The molecule has 2 heterocycles. The molecule has 13 heteroatoms. The highest BCUT2D eigenvalue weighted by molar-refractivity contribution is 7.52. The van der Waals surface area contributed by atoms with Crippen LogP contribution in [0.4, 0.5) is 0 Å². The first kappa shape index (κ1) is 26.8. The number of carbonyl (C=O) groups excluding carboxylic acids is 1. The van der Waals surface area contributed by atoms with Gasteiger partial charge in [-0.2, -0.15) is 5.09 Å². The van der Waals surface area contributed by atoms with Gasteiger partial charge in [0.1, 0.15) is 18.4 Å². The van der Waals surface area contributed by atoms with Gasteiger partial charge >= 0.3 is 19.4 Å². The van der Waals surface area contributed by atoms with Gasteiger partial charge in [-0.05, 0) is 39.3 Å². The van der Waals surface area contributed by atoms with Crippen molar-refractivity contribution in [1.29, 1.82) is 0 Å². The summed E-state index contributed by atoms with van der Waals surface area (Å²) >= 11 is 0. The molecule has 1 aliphatic rings. The van der Waals surface area contributed by atoms with E-state index >= 15 is 0 Å². The minimum atomic E-state index is -4.10. The molecule has 0 spiro atoms. The molecule has 1 aromatic heterocycles. The van der Waals surface area contributed by atoms with Crippen molar-refractivity contribution in [2.75, 3.05) is 13.2 Å². The lowest BCUT2D eigenvalue weighted by molar-refractivity contribution is -0.150. The number of aryl methyl sites for hydroxylation is 1. The van der Waals surface area contributed by atoms with Crippen molar-refractivity contribution in [3.63, 3.8) is 0 Å². The Morgan fingerprint density at radius 2 is 2.00 bits per heavy atom. The average molecular weight is 511 g/mol. The number of hydrogen-bond acceptors (Lipinski definition) is 9. The summed E-state index contributed by atoms with van der Waals surface area (Å²) in [5, 5.41) is 2.59. The molecule has 2 N–H and O–H groups in total. The number of nitrogens with zero attached hydrogens (tertiary/aromatic N) is 1. The second-order valence-electron chi connectivity index (χ2n) is 8.04. The summed E-state index contributed by atoms with van der Waals surface area (Å²) in [7, 11) is -4.10. The zero-order valence-electron chi connectivity index (χ0n) is 20.0. The fraction of sp³-hybridized carbons (Fsp3) is 0.500. The molecule has 0 aliphatic carbocycles. The van der Waals surface area contributed by atoms with E-state index in [1.54, 1.807) is 44.2 Å². The Hall–Kier alpha value is -2.76. The largest absolute Gasteiger partial charge is 0.462 e. The number of esters is 1. The lowest BCUT2D eigenvalue weighted by Crippen LogP contribution is -2.37. The molecule has 1 saturated heterocycles. The molecule has 3 unspecified atom stereocenters. The fourth-order valence-corrected chi connectivity index (χ4v) is 4.50. The van der Waals surface area contributed by atoms with Crippen LogP contribution in [0.2, 0.25) is 0 Å². The van der Waals surface area contributed by atoms with Gasteiger partial charge in [0.05, 0.1) is 12.7 Å². The summed E-state index contributed by atoms with van der Waals surface area (Å²) in [6, 6.07) is 7.32.